The van der Waals surface area contributed by atoms with E-state index < -0.39 is 4.92 Å². The number of nitrogens with zero attached hydrogens (tertiary/aromatic N) is 3. The van der Waals surface area contributed by atoms with E-state index >= 15 is 0 Å². The Bertz CT molecular complexity index is 620. The lowest BCUT2D eigenvalue weighted by Gasteiger charge is -2.09. The van der Waals surface area contributed by atoms with Crippen molar-refractivity contribution >= 4 is 45.6 Å². The van der Waals surface area contributed by atoms with Crippen LogP contribution in [-0.2, 0) is 0 Å². The lowest BCUT2D eigenvalue weighted by atomic mass is 10.3. The summed E-state index contributed by atoms with van der Waals surface area (Å²) in [6.07, 6.45) is 1.27. The zero-order valence-electron chi connectivity index (χ0n) is 9.92. The minimum atomic E-state index is -0.510. The molecule has 0 aliphatic carbocycles. The van der Waals surface area contributed by atoms with E-state index in [1.54, 1.807) is 7.05 Å². The molecule has 2 N–H and O–H groups in total. The smallest absolute Gasteiger partial charge is 0.353 e. The van der Waals surface area contributed by atoms with E-state index in [-0.39, 0.29) is 17.3 Å². The van der Waals surface area contributed by atoms with Crippen molar-refractivity contribution in [3.63, 3.8) is 0 Å². The molecule has 0 saturated heterocycles. The third-order valence-corrected chi connectivity index (χ3v) is 3.31. The molecule has 19 heavy (non-hydrogen) atoms. The van der Waals surface area contributed by atoms with Crippen LogP contribution in [0.2, 0.25) is 0 Å². The fourth-order valence-electron chi connectivity index (χ4n) is 1.52. The Balaban J connectivity index is 2.46. The average molecular weight is 371 g/mol. The number of benzene rings is 1. The number of anilines is 3. The van der Waals surface area contributed by atoms with Crippen LogP contribution in [0.1, 0.15) is 0 Å². The summed E-state index contributed by atoms with van der Waals surface area (Å²) < 4.78 is 0.944. The maximum atomic E-state index is 11.1. The van der Waals surface area contributed by atoms with Crippen LogP contribution in [0.15, 0.2) is 30.6 Å². The molecule has 0 radical (unpaired) electrons. The Morgan fingerprint density at radius 1 is 1.26 bits per heavy atom. The number of nitrogens with one attached hydrogen (secondary N) is 2. The predicted molar refractivity (Wildman–Crippen MR) is 80.7 cm³/mol. The van der Waals surface area contributed by atoms with Crippen LogP contribution in [0.5, 0.6) is 0 Å². The van der Waals surface area contributed by atoms with E-state index in [9.17, 15) is 10.1 Å². The third-order valence-electron chi connectivity index (χ3n) is 2.37. The molecular formula is C11H10IN5O2. The molecule has 0 unspecified atom stereocenters. The van der Waals surface area contributed by atoms with Gasteiger partial charge >= 0.3 is 5.69 Å². The average Bonchev–Trinajstić information content (AvgIpc) is 2.40. The van der Waals surface area contributed by atoms with Gasteiger partial charge in [-0.2, -0.15) is 0 Å². The number of halogens is 1. The highest BCUT2D eigenvalue weighted by Crippen LogP contribution is 2.31. The standard InChI is InChI=1S/C11H10IN5O2/c1-13-10-9(17(18)19)11(15-6-14-10)16-8-5-3-2-4-7(8)12/h2-6H,1H3,(H2,13,14,15,16). The summed E-state index contributed by atoms with van der Waals surface area (Å²) >= 11 is 2.14. The van der Waals surface area contributed by atoms with Crippen LogP contribution >= 0.6 is 22.6 Å². The molecule has 2 aromatic rings. The zero-order chi connectivity index (χ0) is 13.8. The lowest BCUT2D eigenvalue weighted by Crippen LogP contribution is -2.05. The van der Waals surface area contributed by atoms with E-state index in [0.29, 0.717) is 0 Å². The molecule has 1 aromatic carbocycles. The lowest BCUT2D eigenvalue weighted by molar-refractivity contribution is -0.383. The summed E-state index contributed by atoms with van der Waals surface area (Å²) in [5.74, 6) is 0.335. The van der Waals surface area contributed by atoms with Crippen molar-refractivity contribution in [3.8, 4) is 0 Å². The number of rotatable bonds is 4. The molecule has 0 saturated carbocycles. The van der Waals surface area contributed by atoms with Gasteiger partial charge in [-0.25, -0.2) is 9.97 Å². The fourth-order valence-corrected chi connectivity index (χ4v) is 2.04. The Morgan fingerprint density at radius 2 is 1.95 bits per heavy atom. The number of hydrogen-bond donors (Lipinski definition) is 2. The first-order chi connectivity index (χ1) is 9.13. The summed E-state index contributed by atoms with van der Waals surface area (Å²) in [7, 11) is 1.57. The molecule has 0 fully saturated rings. The van der Waals surface area contributed by atoms with Gasteiger partial charge in [-0.15, -0.1) is 0 Å². The Kier molecular flexibility index (Phi) is 4.10. The van der Waals surface area contributed by atoms with E-state index in [1.807, 2.05) is 24.3 Å². The van der Waals surface area contributed by atoms with Crippen molar-refractivity contribution in [1.82, 2.24) is 9.97 Å². The van der Waals surface area contributed by atoms with E-state index in [4.69, 9.17) is 0 Å². The first kappa shape index (κ1) is 13.5. The Morgan fingerprint density at radius 3 is 2.58 bits per heavy atom. The van der Waals surface area contributed by atoms with Crippen LogP contribution in [0.3, 0.4) is 0 Å². The van der Waals surface area contributed by atoms with Crippen molar-refractivity contribution in [2.75, 3.05) is 17.7 Å². The molecule has 0 spiro atoms. The van der Waals surface area contributed by atoms with Gasteiger partial charge < -0.3 is 10.6 Å². The highest BCUT2D eigenvalue weighted by molar-refractivity contribution is 14.1. The van der Waals surface area contributed by atoms with E-state index in [0.717, 1.165) is 9.26 Å². The highest BCUT2D eigenvalue weighted by atomic mass is 127. The summed E-state index contributed by atoms with van der Waals surface area (Å²) in [6.45, 7) is 0. The first-order valence-electron chi connectivity index (χ1n) is 5.32. The molecule has 1 heterocycles. The topological polar surface area (TPSA) is 93.0 Å². The molecule has 1 aromatic heterocycles. The Hall–Kier alpha value is -1.97. The molecule has 98 valence electrons. The van der Waals surface area contributed by atoms with Gasteiger partial charge in [0.05, 0.1) is 10.6 Å². The van der Waals surface area contributed by atoms with E-state index in [2.05, 4.69) is 43.2 Å². The third kappa shape index (κ3) is 2.89. The maximum Gasteiger partial charge on any atom is 0.353 e. The summed E-state index contributed by atoms with van der Waals surface area (Å²) in [6, 6.07) is 7.46. The molecule has 0 aliphatic rings. The van der Waals surface area contributed by atoms with Gasteiger partial charge in [-0.05, 0) is 34.7 Å². The van der Waals surface area contributed by atoms with Crippen LogP contribution in [0, 0.1) is 13.7 Å². The van der Waals surface area contributed by atoms with Crippen LogP contribution < -0.4 is 10.6 Å². The minimum absolute atomic E-state index is 0.161. The fraction of sp³-hybridized carbons (Fsp3) is 0.0909. The van der Waals surface area contributed by atoms with E-state index in [1.165, 1.54) is 6.33 Å². The monoisotopic (exact) mass is 371 g/mol. The van der Waals surface area contributed by atoms with Gasteiger partial charge in [-0.3, -0.25) is 10.1 Å². The number of aromatic nitrogens is 2. The highest BCUT2D eigenvalue weighted by Gasteiger charge is 2.22. The number of para-hydroxylation sites is 1. The Labute approximate surface area is 122 Å². The van der Waals surface area contributed by atoms with Gasteiger partial charge in [-0.1, -0.05) is 12.1 Å². The molecule has 0 aliphatic heterocycles. The van der Waals surface area contributed by atoms with Crippen LogP contribution in [-0.4, -0.2) is 21.9 Å². The summed E-state index contributed by atoms with van der Waals surface area (Å²) in [5.41, 5.74) is 0.580. The zero-order valence-corrected chi connectivity index (χ0v) is 12.1. The molecule has 8 heteroatoms. The SMILES string of the molecule is CNc1ncnc(Nc2ccccc2I)c1[N+](=O)[O-]. The van der Waals surface area contributed by atoms with Gasteiger partial charge in [0.2, 0.25) is 11.6 Å². The van der Waals surface area contributed by atoms with Gasteiger partial charge in [0.1, 0.15) is 6.33 Å². The molecular weight excluding hydrogens is 361 g/mol. The van der Waals surface area contributed by atoms with Crippen LogP contribution in [0.25, 0.3) is 0 Å². The molecule has 2 rings (SSSR count). The normalized spacial score (nSPS) is 10.0. The molecule has 0 atom stereocenters. The van der Waals surface area contributed by atoms with Gasteiger partial charge in [0, 0.05) is 10.6 Å². The van der Waals surface area contributed by atoms with Crippen LogP contribution in [0.4, 0.5) is 23.0 Å². The first-order valence-corrected chi connectivity index (χ1v) is 6.40. The minimum Gasteiger partial charge on any atom is -0.367 e. The van der Waals surface area contributed by atoms with Gasteiger partial charge in [0.25, 0.3) is 0 Å². The number of nitro groups is 1. The largest absolute Gasteiger partial charge is 0.367 e. The quantitative estimate of drug-likeness (QED) is 0.488. The second-order valence-corrected chi connectivity index (χ2v) is 4.69. The number of hydrogen-bond acceptors (Lipinski definition) is 6. The maximum absolute atomic E-state index is 11.1. The van der Waals surface area contributed by atoms with Crippen molar-refractivity contribution in [2.45, 2.75) is 0 Å². The second kappa shape index (κ2) is 5.78. The van der Waals surface area contributed by atoms with Crippen molar-refractivity contribution < 1.29 is 4.92 Å². The predicted octanol–water partition coefficient (Wildman–Crippen LogP) is 2.77. The summed E-state index contributed by atoms with van der Waals surface area (Å²) in [4.78, 5) is 18.4. The van der Waals surface area contributed by atoms with Gasteiger partial charge in [0.15, 0.2) is 0 Å². The van der Waals surface area contributed by atoms with Crippen molar-refractivity contribution in [1.29, 1.82) is 0 Å². The summed E-state index contributed by atoms with van der Waals surface area (Å²) in [5, 5.41) is 16.8. The molecule has 0 amide bonds. The van der Waals surface area contributed by atoms with Crippen molar-refractivity contribution in [2.24, 2.45) is 0 Å². The molecule has 7 nitrogen and oxygen atoms in total. The molecule has 0 bridgehead atoms. The second-order valence-electron chi connectivity index (χ2n) is 3.53. The van der Waals surface area contributed by atoms with Crippen molar-refractivity contribution in [3.05, 3.63) is 44.3 Å².